The molecule has 2 rings (SSSR count). The van der Waals surface area contributed by atoms with Gasteiger partial charge >= 0.3 is 0 Å². The highest BCUT2D eigenvalue weighted by molar-refractivity contribution is 5.94. The highest BCUT2D eigenvalue weighted by Crippen LogP contribution is 2.21. The van der Waals surface area contributed by atoms with E-state index in [1.165, 1.54) is 19.2 Å². The molecule has 2 unspecified atom stereocenters. The second-order valence-corrected chi connectivity index (χ2v) is 4.85. The van der Waals surface area contributed by atoms with E-state index in [9.17, 15) is 9.18 Å². The van der Waals surface area contributed by atoms with Crippen LogP contribution in [0.15, 0.2) is 18.2 Å². The van der Waals surface area contributed by atoms with Gasteiger partial charge in [-0.1, -0.05) is 0 Å². The zero-order valence-electron chi connectivity index (χ0n) is 11.6. The van der Waals surface area contributed by atoms with Crippen molar-refractivity contribution in [2.24, 2.45) is 5.73 Å². The minimum Gasteiger partial charge on any atom is -0.494 e. The van der Waals surface area contributed by atoms with Gasteiger partial charge in [0.15, 0.2) is 11.6 Å². The molecular formula is C14H19FN2O3. The minimum absolute atomic E-state index is 0.0598. The molecule has 0 radical (unpaired) electrons. The van der Waals surface area contributed by atoms with E-state index in [1.807, 2.05) is 6.92 Å². The first kappa shape index (κ1) is 14.7. The largest absolute Gasteiger partial charge is 0.494 e. The Balaban J connectivity index is 2.19. The minimum atomic E-state index is -0.547. The maximum absolute atomic E-state index is 13.7. The molecule has 2 N–H and O–H groups in total. The van der Waals surface area contributed by atoms with Crippen LogP contribution in [0.25, 0.3) is 0 Å². The molecule has 1 heterocycles. The van der Waals surface area contributed by atoms with Gasteiger partial charge in [-0.25, -0.2) is 4.39 Å². The lowest BCUT2D eigenvalue weighted by Gasteiger charge is -2.37. The van der Waals surface area contributed by atoms with Crippen LogP contribution in [0, 0.1) is 5.82 Å². The number of methoxy groups -OCH3 is 1. The van der Waals surface area contributed by atoms with Crippen LogP contribution in [0.4, 0.5) is 4.39 Å². The van der Waals surface area contributed by atoms with Gasteiger partial charge in [-0.15, -0.1) is 0 Å². The Morgan fingerprint density at radius 1 is 1.60 bits per heavy atom. The molecule has 20 heavy (non-hydrogen) atoms. The molecule has 1 aromatic carbocycles. The number of halogens is 1. The molecule has 1 aliphatic rings. The summed E-state index contributed by atoms with van der Waals surface area (Å²) in [5.41, 5.74) is 5.87. The molecule has 1 saturated heterocycles. The van der Waals surface area contributed by atoms with Crippen molar-refractivity contribution in [2.75, 3.05) is 26.8 Å². The summed E-state index contributed by atoms with van der Waals surface area (Å²) in [5.74, 6) is -0.646. The summed E-state index contributed by atoms with van der Waals surface area (Å²) in [7, 11) is 1.38. The lowest BCUT2D eigenvalue weighted by atomic mass is 10.1. The fourth-order valence-electron chi connectivity index (χ4n) is 2.21. The Morgan fingerprint density at radius 3 is 2.95 bits per heavy atom. The van der Waals surface area contributed by atoms with Gasteiger partial charge in [0, 0.05) is 18.7 Å². The molecule has 5 nitrogen and oxygen atoms in total. The average Bonchev–Trinajstić information content (AvgIpc) is 2.47. The van der Waals surface area contributed by atoms with E-state index in [-0.39, 0.29) is 23.8 Å². The fourth-order valence-corrected chi connectivity index (χ4v) is 2.21. The van der Waals surface area contributed by atoms with Crippen molar-refractivity contribution in [3.05, 3.63) is 29.6 Å². The molecule has 0 bridgehead atoms. The van der Waals surface area contributed by atoms with Gasteiger partial charge < -0.3 is 20.1 Å². The normalized spacial score (nSPS) is 22.7. The highest BCUT2D eigenvalue weighted by atomic mass is 19.1. The van der Waals surface area contributed by atoms with Gasteiger partial charge in [-0.3, -0.25) is 4.79 Å². The van der Waals surface area contributed by atoms with Crippen LogP contribution in [0.3, 0.4) is 0 Å². The first-order chi connectivity index (χ1) is 9.56. The Bertz CT molecular complexity index is 495. The van der Waals surface area contributed by atoms with E-state index in [0.29, 0.717) is 25.3 Å². The molecular weight excluding hydrogens is 263 g/mol. The van der Waals surface area contributed by atoms with Crippen LogP contribution in [-0.4, -0.2) is 49.8 Å². The van der Waals surface area contributed by atoms with Gasteiger partial charge in [0.1, 0.15) is 0 Å². The lowest BCUT2D eigenvalue weighted by molar-refractivity contribution is -0.0426. The van der Waals surface area contributed by atoms with Crippen molar-refractivity contribution in [3.8, 4) is 5.75 Å². The summed E-state index contributed by atoms with van der Waals surface area (Å²) in [6.45, 7) is 3.11. The number of nitrogens with two attached hydrogens (primary N) is 1. The number of carbonyl (C=O) groups is 1. The van der Waals surface area contributed by atoms with Crippen LogP contribution in [-0.2, 0) is 4.74 Å². The number of benzene rings is 1. The van der Waals surface area contributed by atoms with Gasteiger partial charge in [0.05, 0.1) is 25.9 Å². The number of morpholine rings is 1. The summed E-state index contributed by atoms with van der Waals surface area (Å²) < 4.78 is 24.0. The third-order valence-electron chi connectivity index (χ3n) is 3.43. The van der Waals surface area contributed by atoms with E-state index >= 15 is 0 Å². The number of ether oxygens (including phenoxy) is 2. The molecule has 2 atom stereocenters. The zero-order valence-corrected chi connectivity index (χ0v) is 11.6. The molecule has 110 valence electrons. The first-order valence-corrected chi connectivity index (χ1v) is 6.53. The third kappa shape index (κ3) is 2.91. The average molecular weight is 282 g/mol. The summed E-state index contributed by atoms with van der Waals surface area (Å²) in [6.07, 6.45) is -0.168. The quantitative estimate of drug-likeness (QED) is 0.899. The molecule has 0 aliphatic carbocycles. The van der Waals surface area contributed by atoms with Gasteiger partial charge in [-0.05, 0) is 25.1 Å². The smallest absolute Gasteiger partial charge is 0.254 e. The number of amides is 1. The summed E-state index contributed by atoms with van der Waals surface area (Å²) >= 11 is 0. The summed E-state index contributed by atoms with van der Waals surface area (Å²) in [5, 5.41) is 0. The Labute approximate surface area is 117 Å². The van der Waals surface area contributed by atoms with Crippen molar-refractivity contribution in [1.82, 2.24) is 4.90 Å². The van der Waals surface area contributed by atoms with Crippen LogP contribution >= 0.6 is 0 Å². The number of hydrogen-bond donors (Lipinski definition) is 1. The summed E-state index contributed by atoms with van der Waals surface area (Å²) in [4.78, 5) is 14.1. The predicted molar refractivity (Wildman–Crippen MR) is 72.2 cm³/mol. The fraction of sp³-hybridized carbons (Fsp3) is 0.500. The van der Waals surface area contributed by atoms with Gasteiger partial charge in [0.25, 0.3) is 5.91 Å². The molecule has 0 aromatic heterocycles. The molecule has 6 heteroatoms. The van der Waals surface area contributed by atoms with Crippen molar-refractivity contribution in [3.63, 3.8) is 0 Å². The van der Waals surface area contributed by atoms with Crippen molar-refractivity contribution < 1.29 is 18.7 Å². The van der Waals surface area contributed by atoms with Crippen molar-refractivity contribution >= 4 is 5.91 Å². The topological polar surface area (TPSA) is 64.8 Å². The van der Waals surface area contributed by atoms with E-state index in [2.05, 4.69) is 0 Å². The molecule has 1 aromatic rings. The zero-order chi connectivity index (χ0) is 14.7. The second-order valence-electron chi connectivity index (χ2n) is 4.85. The summed E-state index contributed by atoms with van der Waals surface area (Å²) in [6, 6.07) is 4.15. The molecule has 0 spiro atoms. The van der Waals surface area contributed by atoms with Gasteiger partial charge in [-0.2, -0.15) is 0 Å². The van der Waals surface area contributed by atoms with E-state index in [1.54, 1.807) is 11.0 Å². The predicted octanol–water partition coefficient (Wildman–Crippen LogP) is 1.02. The Kier molecular flexibility index (Phi) is 4.57. The molecule has 1 aliphatic heterocycles. The Morgan fingerprint density at radius 2 is 2.35 bits per heavy atom. The standard InChI is InChI=1S/C14H19FN2O3/c1-9-8-20-11(6-16)7-17(9)14(18)10-3-4-13(19-2)12(15)5-10/h3-5,9,11H,6-8,16H2,1-2H3. The van der Waals surface area contributed by atoms with Crippen LogP contribution < -0.4 is 10.5 Å². The van der Waals surface area contributed by atoms with Gasteiger partial charge in [0.2, 0.25) is 0 Å². The number of nitrogens with zero attached hydrogens (tertiary/aromatic N) is 1. The van der Waals surface area contributed by atoms with Crippen molar-refractivity contribution in [1.29, 1.82) is 0 Å². The van der Waals surface area contributed by atoms with Crippen LogP contribution in [0.1, 0.15) is 17.3 Å². The molecule has 0 saturated carbocycles. The molecule has 1 fully saturated rings. The molecule has 1 amide bonds. The van der Waals surface area contributed by atoms with E-state index in [0.717, 1.165) is 0 Å². The first-order valence-electron chi connectivity index (χ1n) is 6.53. The number of hydrogen-bond acceptors (Lipinski definition) is 4. The monoisotopic (exact) mass is 282 g/mol. The maximum atomic E-state index is 13.7. The van der Waals surface area contributed by atoms with Crippen LogP contribution in [0.5, 0.6) is 5.75 Å². The van der Waals surface area contributed by atoms with E-state index in [4.69, 9.17) is 15.2 Å². The van der Waals surface area contributed by atoms with Crippen LogP contribution in [0.2, 0.25) is 0 Å². The number of carbonyl (C=O) groups excluding carboxylic acids is 1. The highest BCUT2D eigenvalue weighted by Gasteiger charge is 2.29. The lowest BCUT2D eigenvalue weighted by Crippen LogP contribution is -2.52. The second kappa shape index (κ2) is 6.19. The Hall–Kier alpha value is -1.66. The third-order valence-corrected chi connectivity index (χ3v) is 3.43. The SMILES string of the molecule is COc1ccc(C(=O)N2CC(CN)OCC2C)cc1F. The number of rotatable bonds is 3. The maximum Gasteiger partial charge on any atom is 0.254 e. The van der Waals surface area contributed by atoms with E-state index < -0.39 is 5.82 Å². The van der Waals surface area contributed by atoms with Crippen molar-refractivity contribution in [2.45, 2.75) is 19.1 Å².